The van der Waals surface area contributed by atoms with Crippen LogP contribution in [0.25, 0.3) is 0 Å². The second kappa shape index (κ2) is 4.99. The topological polar surface area (TPSA) is 75.6 Å². The van der Waals surface area contributed by atoms with E-state index in [4.69, 9.17) is 5.11 Å². The van der Waals surface area contributed by atoms with Gasteiger partial charge in [-0.3, -0.25) is 4.72 Å². The van der Waals surface area contributed by atoms with E-state index < -0.39 is 10.0 Å². The molecule has 0 spiro atoms. The molecule has 6 heteroatoms. The van der Waals surface area contributed by atoms with Crippen molar-refractivity contribution in [2.24, 2.45) is 0 Å². The van der Waals surface area contributed by atoms with Gasteiger partial charge >= 0.3 is 0 Å². The van der Waals surface area contributed by atoms with Crippen molar-refractivity contribution in [3.8, 4) is 5.75 Å². The SMILES string of the molecule is COCCS(=O)(=O)Nc1ccc(O)cc1. The molecule has 2 N–H and O–H groups in total. The van der Waals surface area contributed by atoms with Crippen LogP contribution in [-0.4, -0.2) is 33.0 Å². The van der Waals surface area contributed by atoms with E-state index >= 15 is 0 Å². The van der Waals surface area contributed by atoms with E-state index in [1.165, 1.54) is 31.4 Å². The van der Waals surface area contributed by atoms with Crippen molar-refractivity contribution in [1.82, 2.24) is 0 Å². The van der Waals surface area contributed by atoms with Crippen molar-refractivity contribution in [2.45, 2.75) is 0 Å². The molecule has 0 aliphatic heterocycles. The van der Waals surface area contributed by atoms with Crippen LogP contribution in [0, 0.1) is 0 Å². The number of rotatable bonds is 5. The molecule has 0 heterocycles. The molecule has 0 saturated carbocycles. The lowest BCUT2D eigenvalue weighted by molar-refractivity contribution is 0.217. The second-order valence-electron chi connectivity index (χ2n) is 2.96. The Kier molecular flexibility index (Phi) is 3.93. The van der Waals surface area contributed by atoms with Crippen LogP contribution in [0.2, 0.25) is 0 Å². The van der Waals surface area contributed by atoms with Gasteiger partial charge in [-0.05, 0) is 24.3 Å². The third-order valence-corrected chi connectivity index (χ3v) is 2.95. The molecule has 0 radical (unpaired) electrons. The summed E-state index contributed by atoms with van der Waals surface area (Å²) in [6, 6.07) is 5.79. The first kappa shape index (κ1) is 11.8. The third-order valence-electron chi connectivity index (χ3n) is 1.70. The van der Waals surface area contributed by atoms with E-state index in [1.54, 1.807) is 0 Å². The molecule has 1 rings (SSSR count). The fourth-order valence-electron chi connectivity index (χ4n) is 0.953. The average Bonchev–Trinajstić information content (AvgIpc) is 2.18. The Balaban J connectivity index is 2.65. The first-order valence-corrected chi connectivity index (χ1v) is 5.97. The monoisotopic (exact) mass is 231 g/mol. The lowest BCUT2D eigenvalue weighted by Crippen LogP contribution is -2.19. The molecule has 0 unspecified atom stereocenters. The molecule has 0 aromatic heterocycles. The van der Waals surface area contributed by atoms with Crippen LogP contribution >= 0.6 is 0 Å². The number of ether oxygens (including phenoxy) is 1. The fraction of sp³-hybridized carbons (Fsp3) is 0.333. The standard InChI is InChI=1S/C9H13NO4S/c1-14-6-7-15(12,13)10-8-2-4-9(11)5-3-8/h2-5,10-11H,6-7H2,1H3. The van der Waals surface area contributed by atoms with Crippen molar-refractivity contribution >= 4 is 15.7 Å². The van der Waals surface area contributed by atoms with Gasteiger partial charge in [-0.2, -0.15) is 0 Å². The smallest absolute Gasteiger partial charge is 0.234 e. The first-order chi connectivity index (χ1) is 7.03. The Morgan fingerprint density at radius 2 is 1.93 bits per heavy atom. The molecule has 1 aromatic carbocycles. The molecule has 0 atom stereocenters. The van der Waals surface area contributed by atoms with Gasteiger partial charge in [0, 0.05) is 12.8 Å². The number of aromatic hydroxyl groups is 1. The molecular formula is C9H13NO4S. The van der Waals surface area contributed by atoms with Gasteiger partial charge < -0.3 is 9.84 Å². The molecule has 0 aliphatic carbocycles. The van der Waals surface area contributed by atoms with Crippen LogP contribution in [0.5, 0.6) is 5.75 Å². The molecule has 15 heavy (non-hydrogen) atoms. The quantitative estimate of drug-likeness (QED) is 0.734. The van der Waals surface area contributed by atoms with Gasteiger partial charge in [0.05, 0.1) is 12.4 Å². The minimum atomic E-state index is -3.37. The Bertz CT molecular complexity index is 399. The molecule has 0 aliphatic rings. The summed E-state index contributed by atoms with van der Waals surface area (Å²) in [6.45, 7) is 0.146. The van der Waals surface area contributed by atoms with Gasteiger partial charge in [0.2, 0.25) is 10.0 Å². The van der Waals surface area contributed by atoms with E-state index in [0.717, 1.165) is 0 Å². The number of methoxy groups -OCH3 is 1. The largest absolute Gasteiger partial charge is 0.508 e. The summed E-state index contributed by atoms with van der Waals surface area (Å²) in [7, 11) is -1.93. The normalized spacial score (nSPS) is 11.3. The van der Waals surface area contributed by atoms with Gasteiger partial charge in [0.25, 0.3) is 0 Å². The van der Waals surface area contributed by atoms with Crippen LogP contribution in [-0.2, 0) is 14.8 Å². The summed E-state index contributed by atoms with van der Waals surface area (Å²) in [6.07, 6.45) is 0. The highest BCUT2D eigenvalue weighted by Gasteiger charge is 2.09. The van der Waals surface area contributed by atoms with Crippen molar-refractivity contribution in [2.75, 3.05) is 24.2 Å². The summed E-state index contributed by atoms with van der Waals surface area (Å²) < 4.78 is 29.8. The van der Waals surface area contributed by atoms with E-state index in [1.807, 2.05) is 0 Å². The first-order valence-electron chi connectivity index (χ1n) is 4.32. The lowest BCUT2D eigenvalue weighted by Gasteiger charge is -2.07. The van der Waals surface area contributed by atoms with Gasteiger partial charge in [-0.15, -0.1) is 0 Å². The lowest BCUT2D eigenvalue weighted by atomic mass is 10.3. The summed E-state index contributed by atoms with van der Waals surface area (Å²) >= 11 is 0. The zero-order chi connectivity index (χ0) is 11.3. The highest BCUT2D eigenvalue weighted by atomic mass is 32.2. The number of phenols is 1. The number of phenolic OH excluding ortho intramolecular Hbond substituents is 1. The highest BCUT2D eigenvalue weighted by Crippen LogP contribution is 2.14. The van der Waals surface area contributed by atoms with Crippen LogP contribution in [0.1, 0.15) is 0 Å². The maximum absolute atomic E-state index is 11.4. The minimum absolute atomic E-state index is 0.0924. The number of hydrogen-bond donors (Lipinski definition) is 2. The maximum atomic E-state index is 11.4. The van der Waals surface area contributed by atoms with Gasteiger partial charge in [-0.25, -0.2) is 8.42 Å². The molecule has 5 nitrogen and oxygen atoms in total. The number of benzene rings is 1. The van der Waals surface area contributed by atoms with Crippen LogP contribution in [0.15, 0.2) is 24.3 Å². The fourth-order valence-corrected chi connectivity index (χ4v) is 1.94. The van der Waals surface area contributed by atoms with Gasteiger partial charge in [0.15, 0.2) is 0 Å². The molecule has 0 amide bonds. The number of nitrogens with one attached hydrogen (secondary N) is 1. The zero-order valence-electron chi connectivity index (χ0n) is 8.30. The average molecular weight is 231 g/mol. The molecule has 84 valence electrons. The van der Waals surface area contributed by atoms with Crippen LogP contribution in [0.4, 0.5) is 5.69 Å². The second-order valence-corrected chi connectivity index (χ2v) is 4.80. The summed E-state index contributed by atoms with van der Waals surface area (Å²) in [5.74, 6) is -0.000437. The minimum Gasteiger partial charge on any atom is -0.508 e. The number of sulfonamides is 1. The number of anilines is 1. The van der Waals surface area contributed by atoms with E-state index in [0.29, 0.717) is 5.69 Å². The van der Waals surface area contributed by atoms with Gasteiger partial charge in [0.1, 0.15) is 5.75 Å². The molecule has 0 fully saturated rings. The molecule has 0 saturated heterocycles. The molecule has 0 bridgehead atoms. The Morgan fingerprint density at radius 1 is 1.33 bits per heavy atom. The van der Waals surface area contributed by atoms with Crippen LogP contribution in [0.3, 0.4) is 0 Å². The zero-order valence-corrected chi connectivity index (χ0v) is 9.12. The van der Waals surface area contributed by atoms with Crippen molar-refractivity contribution in [3.05, 3.63) is 24.3 Å². The van der Waals surface area contributed by atoms with Crippen molar-refractivity contribution < 1.29 is 18.3 Å². The Labute approximate surface area is 88.7 Å². The molecule has 1 aromatic rings. The predicted molar refractivity (Wildman–Crippen MR) is 57.4 cm³/mol. The third kappa shape index (κ3) is 4.18. The number of hydrogen-bond acceptors (Lipinski definition) is 4. The van der Waals surface area contributed by atoms with E-state index in [9.17, 15) is 8.42 Å². The van der Waals surface area contributed by atoms with Crippen molar-refractivity contribution in [1.29, 1.82) is 0 Å². The van der Waals surface area contributed by atoms with Gasteiger partial charge in [-0.1, -0.05) is 0 Å². The Morgan fingerprint density at radius 3 is 2.47 bits per heavy atom. The molecular weight excluding hydrogens is 218 g/mol. The highest BCUT2D eigenvalue weighted by molar-refractivity contribution is 7.92. The Hall–Kier alpha value is -1.27. The predicted octanol–water partition coefficient (Wildman–Crippen LogP) is 0.780. The summed E-state index contributed by atoms with van der Waals surface area (Å²) in [4.78, 5) is 0. The van der Waals surface area contributed by atoms with Crippen molar-refractivity contribution in [3.63, 3.8) is 0 Å². The summed E-state index contributed by atoms with van der Waals surface area (Å²) in [5.41, 5.74) is 0.420. The maximum Gasteiger partial charge on any atom is 0.234 e. The van der Waals surface area contributed by atoms with Crippen LogP contribution < -0.4 is 4.72 Å². The van der Waals surface area contributed by atoms with E-state index in [2.05, 4.69) is 9.46 Å². The summed E-state index contributed by atoms with van der Waals surface area (Å²) in [5, 5.41) is 9.00. The van der Waals surface area contributed by atoms with E-state index in [-0.39, 0.29) is 18.1 Å².